The van der Waals surface area contributed by atoms with Gasteiger partial charge in [0.05, 0.1) is 5.69 Å². The van der Waals surface area contributed by atoms with Gasteiger partial charge in [0.1, 0.15) is 0 Å². The van der Waals surface area contributed by atoms with Crippen molar-refractivity contribution in [2.45, 2.75) is 18.4 Å². The fourth-order valence-electron chi connectivity index (χ4n) is 3.18. The summed E-state index contributed by atoms with van der Waals surface area (Å²) < 4.78 is 8.57. The van der Waals surface area contributed by atoms with E-state index < -0.39 is 0 Å². The maximum atomic E-state index is 6.38. The summed E-state index contributed by atoms with van der Waals surface area (Å²) in [5, 5.41) is 0. The van der Waals surface area contributed by atoms with Gasteiger partial charge in [-0.15, -0.1) is 0 Å². The predicted octanol–water partition coefficient (Wildman–Crippen LogP) is 2.19. The lowest BCUT2D eigenvalue weighted by molar-refractivity contribution is -0.00772. The van der Waals surface area contributed by atoms with Crippen molar-refractivity contribution in [1.82, 2.24) is 14.5 Å². The monoisotopic (exact) mass is 255 g/mol. The van der Waals surface area contributed by atoms with Crippen molar-refractivity contribution in [1.29, 1.82) is 0 Å². The van der Waals surface area contributed by atoms with Crippen molar-refractivity contribution in [2.24, 2.45) is 0 Å². The van der Waals surface area contributed by atoms with Gasteiger partial charge in [0.2, 0.25) is 0 Å². The number of ether oxygens (including phenoxy) is 1. The van der Waals surface area contributed by atoms with E-state index in [9.17, 15) is 0 Å². The van der Waals surface area contributed by atoms with Crippen LogP contribution in [0.25, 0.3) is 5.82 Å². The zero-order chi connectivity index (χ0) is 12.9. The number of aromatic nitrogens is 2. The smallest absolute Gasteiger partial charge is 0.179 e. The molecule has 1 fully saturated rings. The number of hydrogen-bond acceptors (Lipinski definition) is 3. The Balaban J connectivity index is 1.86. The zero-order valence-corrected chi connectivity index (χ0v) is 11.0. The Bertz CT molecular complexity index is 611. The molecule has 0 saturated carbocycles. The van der Waals surface area contributed by atoms with Crippen LogP contribution in [-0.2, 0) is 5.60 Å². The second-order valence-corrected chi connectivity index (χ2v) is 5.49. The molecule has 0 radical (unpaired) electrons. The molecule has 0 bridgehead atoms. The van der Waals surface area contributed by atoms with E-state index in [0.717, 1.165) is 37.5 Å². The maximum Gasteiger partial charge on any atom is 0.179 e. The van der Waals surface area contributed by atoms with Gasteiger partial charge in [-0.3, -0.25) is 4.57 Å². The van der Waals surface area contributed by atoms with Crippen LogP contribution in [0.5, 0.6) is 5.75 Å². The minimum absolute atomic E-state index is 0.175. The van der Waals surface area contributed by atoms with Crippen LogP contribution in [-0.4, -0.2) is 34.6 Å². The molecule has 0 atom stereocenters. The minimum Gasteiger partial charge on any atom is -0.477 e. The Hall–Kier alpha value is -1.81. The van der Waals surface area contributed by atoms with Crippen LogP contribution in [0.15, 0.2) is 36.7 Å². The van der Waals surface area contributed by atoms with Crippen LogP contribution in [0.4, 0.5) is 0 Å². The molecule has 4 heteroatoms. The van der Waals surface area contributed by atoms with E-state index in [1.807, 2.05) is 18.3 Å². The van der Waals surface area contributed by atoms with Crippen LogP contribution >= 0.6 is 0 Å². The van der Waals surface area contributed by atoms with Gasteiger partial charge in [-0.2, -0.15) is 0 Å². The number of likely N-dealkylation sites (tertiary alicyclic amines) is 1. The SMILES string of the molecule is CN1CCC2(CC1)Oc1cccnc1-n1cccc12. The van der Waals surface area contributed by atoms with Gasteiger partial charge in [-0.25, -0.2) is 4.98 Å². The Morgan fingerprint density at radius 3 is 2.89 bits per heavy atom. The minimum atomic E-state index is -0.175. The lowest BCUT2D eigenvalue weighted by atomic mass is 9.87. The van der Waals surface area contributed by atoms with E-state index in [4.69, 9.17) is 4.74 Å². The molecule has 0 unspecified atom stereocenters. The van der Waals surface area contributed by atoms with Gasteiger partial charge < -0.3 is 9.64 Å². The third-order valence-electron chi connectivity index (χ3n) is 4.29. The fraction of sp³-hybridized carbons (Fsp3) is 0.400. The molecule has 4 rings (SSSR count). The second kappa shape index (κ2) is 3.84. The third-order valence-corrected chi connectivity index (χ3v) is 4.29. The quantitative estimate of drug-likeness (QED) is 0.723. The van der Waals surface area contributed by atoms with Gasteiger partial charge in [0, 0.05) is 38.3 Å². The maximum absolute atomic E-state index is 6.38. The molecule has 4 nitrogen and oxygen atoms in total. The molecule has 2 aromatic rings. The first kappa shape index (κ1) is 11.1. The van der Waals surface area contributed by atoms with Crippen molar-refractivity contribution in [3.63, 3.8) is 0 Å². The van der Waals surface area contributed by atoms with Crippen LogP contribution < -0.4 is 4.74 Å². The highest BCUT2D eigenvalue weighted by atomic mass is 16.5. The van der Waals surface area contributed by atoms with Crippen LogP contribution in [0, 0.1) is 0 Å². The molecule has 4 heterocycles. The largest absolute Gasteiger partial charge is 0.477 e. The highest BCUT2D eigenvalue weighted by Gasteiger charge is 2.43. The number of hydrogen-bond donors (Lipinski definition) is 0. The van der Waals surface area contributed by atoms with Gasteiger partial charge in [-0.1, -0.05) is 0 Å². The van der Waals surface area contributed by atoms with E-state index in [0.29, 0.717) is 0 Å². The van der Waals surface area contributed by atoms with Gasteiger partial charge in [0.15, 0.2) is 17.2 Å². The van der Waals surface area contributed by atoms with Crippen LogP contribution in [0.3, 0.4) is 0 Å². The number of rotatable bonds is 0. The van der Waals surface area contributed by atoms with Crippen LogP contribution in [0.1, 0.15) is 18.5 Å². The highest BCUT2D eigenvalue weighted by molar-refractivity contribution is 5.47. The average molecular weight is 255 g/mol. The molecule has 1 saturated heterocycles. The van der Waals surface area contributed by atoms with Gasteiger partial charge in [-0.05, 0) is 31.3 Å². The summed E-state index contributed by atoms with van der Waals surface area (Å²) in [6.07, 6.45) is 5.96. The Labute approximate surface area is 112 Å². The summed E-state index contributed by atoms with van der Waals surface area (Å²) in [4.78, 5) is 6.82. The standard InChI is InChI=1S/C15H17N3O/c1-17-10-6-15(7-11-17)13-5-3-9-18(13)14-12(19-15)4-2-8-16-14/h2-5,8-9H,6-7,10-11H2,1H3. The molecule has 0 amide bonds. The molecule has 1 spiro atoms. The molecular formula is C15H17N3O. The van der Waals surface area contributed by atoms with E-state index in [2.05, 4.69) is 39.8 Å². The summed E-state index contributed by atoms with van der Waals surface area (Å²) in [6, 6.07) is 8.22. The highest BCUT2D eigenvalue weighted by Crippen LogP contribution is 2.43. The summed E-state index contributed by atoms with van der Waals surface area (Å²) in [7, 11) is 2.17. The summed E-state index contributed by atoms with van der Waals surface area (Å²) in [5.41, 5.74) is 1.07. The molecule has 2 aromatic heterocycles. The number of piperidine rings is 1. The van der Waals surface area contributed by atoms with Crippen molar-refractivity contribution in [3.05, 3.63) is 42.4 Å². The van der Waals surface area contributed by atoms with E-state index in [1.54, 1.807) is 0 Å². The molecule has 0 aliphatic carbocycles. The molecule has 98 valence electrons. The molecule has 2 aliphatic rings. The molecule has 19 heavy (non-hydrogen) atoms. The molecular weight excluding hydrogens is 238 g/mol. The summed E-state index contributed by atoms with van der Waals surface area (Å²) in [6.45, 7) is 2.14. The third kappa shape index (κ3) is 1.53. The lowest BCUT2D eigenvalue weighted by Gasteiger charge is -2.43. The first-order valence-electron chi connectivity index (χ1n) is 6.79. The summed E-state index contributed by atoms with van der Waals surface area (Å²) >= 11 is 0. The zero-order valence-electron chi connectivity index (χ0n) is 11.0. The van der Waals surface area contributed by atoms with Crippen molar-refractivity contribution in [2.75, 3.05) is 20.1 Å². The van der Waals surface area contributed by atoms with E-state index in [1.165, 1.54) is 5.69 Å². The van der Waals surface area contributed by atoms with Crippen LogP contribution in [0.2, 0.25) is 0 Å². The summed E-state index contributed by atoms with van der Waals surface area (Å²) in [5.74, 6) is 1.81. The first-order chi connectivity index (χ1) is 9.28. The molecule has 0 N–H and O–H groups in total. The fourth-order valence-corrected chi connectivity index (χ4v) is 3.18. The molecule has 2 aliphatic heterocycles. The van der Waals surface area contributed by atoms with E-state index >= 15 is 0 Å². The number of nitrogens with zero attached hydrogens (tertiary/aromatic N) is 3. The van der Waals surface area contributed by atoms with Crippen molar-refractivity contribution in [3.8, 4) is 11.6 Å². The predicted molar refractivity (Wildman–Crippen MR) is 72.6 cm³/mol. The van der Waals surface area contributed by atoms with Gasteiger partial charge in [0.25, 0.3) is 0 Å². The lowest BCUT2D eigenvalue weighted by Crippen LogP contribution is -2.47. The van der Waals surface area contributed by atoms with E-state index in [-0.39, 0.29) is 5.60 Å². The first-order valence-corrected chi connectivity index (χ1v) is 6.79. The Morgan fingerprint density at radius 2 is 2.05 bits per heavy atom. The van der Waals surface area contributed by atoms with Gasteiger partial charge >= 0.3 is 0 Å². The topological polar surface area (TPSA) is 30.3 Å². The number of fused-ring (bicyclic) bond motifs is 4. The van der Waals surface area contributed by atoms with Crippen molar-refractivity contribution < 1.29 is 4.74 Å². The average Bonchev–Trinajstić information content (AvgIpc) is 2.93. The van der Waals surface area contributed by atoms with Crippen molar-refractivity contribution >= 4 is 0 Å². The Morgan fingerprint density at radius 1 is 1.21 bits per heavy atom. The second-order valence-electron chi connectivity index (χ2n) is 5.49. The normalized spacial score (nSPS) is 20.7. The Kier molecular flexibility index (Phi) is 2.23. The molecule has 0 aromatic carbocycles. The number of pyridine rings is 1.